The monoisotopic (exact) mass is 404 g/mol. The van der Waals surface area contributed by atoms with Gasteiger partial charge in [-0.05, 0) is 49.6 Å². The molecule has 2 amide bonds. The first-order valence-electron chi connectivity index (χ1n) is 8.70. The zero-order chi connectivity index (χ0) is 20.0. The van der Waals surface area contributed by atoms with E-state index in [1.165, 1.54) is 16.7 Å². The molecule has 0 aliphatic heterocycles. The van der Waals surface area contributed by atoms with E-state index >= 15 is 0 Å². The van der Waals surface area contributed by atoms with Crippen LogP contribution in [-0.2, 0) is 15.3 Å². The van der Waals surface area contributed by atoms with Crippen LogP contribution in [0.25, 0.3) is 0 Å². The van der Waals surface area contributed by atoms with Gasteiger partial charge < -0.3 is 10.2 Å². The number of hydrogen-bond acceptors (Lipinski definition) is 3. The van der Waals surface area contributed by atoms with Crippen LogP contribution < -0.4 is 5.32 Å². The van der Waals surface area contributed by atoms with Gasteiger partial charge in [-0.3, -0.25) is 9.59 Å². The van der Waals surface area contributed by atoms with Gasteiger partial charge in [0.05, 0.1) is 12.3 Å². The predicted octanol–water partition coefficient (Wildman–Crippen LogP) is 4.60. The fourth-order valence-corrected chi connectivity index (χ4v) is 3.98. The molecule has 0 saturated carbocycles. The Bertz CT molecular complexity index is 816. The SMILES string of the molecule is Cc1cc(C)c(NC(=O)CN(C)C(=O)CSCc2cccc(Cl)c2)c(C)c1. The van der Waals surface area contributed by atoms with E-state index < -0.39 is 0 Å². The minimum absolute atomic E-state index is 0.0311. The Labute approximate surface area is 170 Å². The van der Waals surface area contributed by atoms with E-state index in [9.17, 15) is 9.59 Å². The largest absolute Gasteiger partial charge is 0.336 e. The number of carbonyl (C=O) groups is 2. The summed E-state index contributed by atoms with van der Waals surface area (Å²) in [5.41, 5.74) is 5.10. The van der Waals surface area contributed by atoms with Gasteiger partial charge in [0.1, 0.15) is 0 Å². The molecule has 0 heterocycles. The first-order valence-corrected chi connectivity index (χ1v) is 10.2. The fourth-order valence-electron chi connectivity index (χ4n) is 2.85. The van der Waals surface area contributed by atoms with Crippen LogP contribution in [0.4, 0.5) is 5.69 Å². The Morgan fingerprint density at radius 3 is 2.41 bits per heavy atom. The van der Waals surface area contributed by atoms with E-state index in [-0.39, 0.29) is 18.4 Å². The molecule has 0 fully saturated rings. The lowest BCUT2D eigenvalue weighted by molar-refractivity contribution is -0.131. The van der Waals surface area contributed by atoms with Crippen molar-refractivity contribution in [1.82, 2.24) is 4.90 Å². The smallest absolute Gasteiger partial charge is 0.243 e. The summed E-state index contributed by atoms with van der Waals surface area (Å²) in [5.74, 6) is 0.753. The van der Waals surface area contributed by atoms with Gasteiger partial charge in [0.15, 0.2) is 0 Å². The summed E-state index contributed by atoms with van der Waals surface area (Å²) in [6.45, 7) is 6.00. The molecular formula is C21H25ClN2O2S. The van der Waals surface area contributed by atoms with E-state index in [1.54, 1.807) is 7.05 Å². The van der Waals surface area contributed by atoms with Crippen molar-refractivity contribution in [2.24, 2.45) is 0 Å². The number of carbonyl (C=O) groups excluding carboxylic acids is 2. The van der Waals surface area contributed by atoms with E-state index in [4.69, 9.17) is 11.6 Å². The normalized spacial score (nSPS) is 10.6. The molecule has 6 heteroatoms. The summed E-state index contributed by atoms with van der Waals surface area (Å²) in [5, 5.41) is 3.62. The fraction of sp³-hybridized carbons (Fsp3) is 0.333. The summed E-state index contributed by atoms with van der Waals surface area (Å²) in [7, 11) is 1.65. The highest BCUT2D eigenvalue weighted by Crippen LogP contribution is 2.22. The van der Waals surface area contributed by atoms with Crippen molar-refractivity contribution < 1.29 is 9.59 Å². The van der Waals surface area contributed by atoms with Crippen LogP contribution in [0, 0.1) is 20.8 Å². The predicted molar refractivity (Wildman–Crippen MR) is 115 cm³/mol. The van der Waals surface area contributed by atoms with Crippen LogP contribution in [0.2, 0.25) is 5.02 Å². The number of benzene rings is 2. The topological polar surface area (TPSA) is 49.4 Å². The second-order valence-corrected chi connectivity index (χ2v) is 8.12. The molecule has 0 saturated heterocycles. The minimum Gasteiger partial charge on any atom is -0.336 e. The lowest BCUT2D eigenvalue weighted by Gasteiger charge is -2.18. The number of rotatable bonds is 7. The van der Waals surface area contributed by atoms with Crippen LogP contribution in [0.15, 0.2) is 36.4 Å². The average molecular weight is 405 g/mol. The Morgan fingerprint density at radius 1 is 1.11 bits per heavy atom. The molecule has 144 valence electrons. The van der Waals surface area contributed by atoms with Crippen molar-refractivity contribution in [1.29, 1.82) is 0 Å². The molecule has 0 aliphatic rings. The second kappa shape index (κ2) is 9.81. The molecular weight excluding hydrogens is 380 g/mol. The number of nitrogens with one attached hydrogen (secondary N) is 1. The van der Waals surface area contributed by atoms with E-state index in [1.807, 2.05) is 57.2 Å². The van der Waals surface area contributed by atoms with Crippen molar-refractivity contribution in [3.8, 4) is 0 Å². The molecule has 0 unspecified atom stereocenters. The van der Waals surface area contributed by atoms with Crippen molar-refractivity contribution in [2.75, 3.05) is 24.7 Å². The maximum atomic E-state index is 12.3. The Hall–Kier alpha value is -1.98. The van der Waals surface area contributed by atoms with Crippen molar-refractivity contribution in [3.63, 3.8) is 0 Å². The van der Waals surface area contributed by atoms with Gasteiger partial charge >= 0.3 is 0 Å². The lowest BCUT2D eigenvalue weighted by Crippen LogP contribution is -2.36. The van der Waals surface area contributed by atoms with Gasteiger partial charge in [-0.2, -0.15) is 0 Å². The van der Waals surface area contributed by atoms with Crippen LogP contribution >= 0.6 is 23.4 Å². The average Bonchev–Trinajstić information content (AvgIpc) is 2.58. The molecule has 0 aromatic heterocycles. The quantitative estimate of drug-likeness (QED) is 0.733. The summed E-state index contributed by atoms with van der Waals surface area (Å²) < 4.78 is 0. The molecule has 0 radical (unpaired) electrons. The number of hydrogen-bond donors (Lipinski definition) is 1. The van der Waals surface area contributed by atoms with Gasteiger partial charge in [0.25, 0.3) is 0 Å². The molecule has 0 atom stereocenters. The standard InChI is InChI=1S/C21H25ClN2O2S/c1-14-8-15(2)21(16(3)9-14)23-19(25)11-24(4)20(26)13-27-12-17-6-5-7-18(22)10-17/h5-10H,11-13H2,1-4H3,(H,23,25). The minimum atomic E-state index is -0.194. The first-order chi connectivity index (χ1) is 12.8. The number of nitrogens with zero attached hydrogens (tertiary/aromatic N) is 1. The summed E-state index contributed by atoms with van der Waals surface area (Å²) in [6, 6.07) is 11.7. The maximum absolute atomic E-state index is 12.3. The van der Waals surface area contributed by atoms with Crippen molar-refractivity contribution in [2.45, 2.75) is 26.5 Å². The van der Waals surface area contributed by atoms with Gasteiger partial charge in [0.2, 0.25) is 11.8 Å². The zero-order valence-electron chi connectivity index (χ0n) is 16.1. The van der Waals surface area contributed by atoms with Gasteiger partial charge in [-0.15, -0.1) is 11.8 Å². The third-order valence-electron chi connectivity index (χ3n) is 4.13. The van der Waals surface area contributed by atoms with Crippen LogP contribution in [0.3, 0.4) is 0 Å². The number of halogens is 1. The van der Waals surface area contributed by atoms with Gasteiger partial charge in [0, 0.05) is 23.5 Å². The van der Waals surface area contributed by atoms with Crippen molar-refractivity contribution in [3.05, 3.63) is 63.7 Å². The third kappa shape index (κ3) is 6.60. The summed E-state index contributed by atoms with van der Waals surface area (Å²) >= 11 is 7.47. The molecule has 0 bridgehead atoms. The number of thioether (sulfide) groups is 1. The number of likely N-dealkylation sites (N-methyl/N-ethyl adjacent to an activating group) is 1. The van der Waals surface area contributed by atoms with E-state index in [2.05, 4.69) is 5.32 Å². The zero-order valence-corrected chi connectivity index (χ0v) is 17.7. The number of anilines is 1. The molecule has 4 nitrogen and oxygen atoms in total. The molecule has 0 spiro atoms. The van der Waals surface area contributed by atoms with Gasteiger partial charge in [-0.1, -0.05) is 41.4 Å². The molecule has 27 heavy (non-hydrogen) atoms. The molecule has 2 rings (SSSR count). The Morgan fingerprint density at radius 2 is 1.78 bits per heavy atom. The van der Waals surface area contributed by atoms with Crippen LogP contribution in [0.5, 0.6) is 0 Å². The van der Waals surface area contributed by atoms with Crippen LogP contribution in [0.1, 0.15) is 22.3 Å². The van der Waals surface area contributed by atoms with E-state index in [0.29, 0.717) is 16.5 Å². The number of aryl methyl sites for hydroxylation is 3. The first kappa shape index (κ1) is 21.3. The highest BCUT2D eigenvalue weighted by atomic mass is 35.5. The van der Waals surface area contributed by atoms with E-state index in [0.717, 1.165) is 27.9 Å². The van der Waals surface area contributed by atoms with Crippen molar-refractivity contribution >= 4 is 40.9 Å². The van der Waals surface area contributed by atoms with Gasteiger partial charge in [-0.25, -0.2) is 0 Å². The molecule has 2 aromatic rings. The highest BCUT2D eigenvalue weighted by Gasteiger charge is 2.15. The molecule has 2 aromatic carbocycles. The highest BCUT2D eigenvalue weighted by molar-refractivity contribution is 7.99. The molecule has 1 N–H and O–H groups in total. The Kier molecular flexibility index (Phi) is 7.75. The lowest BCUT2D eigenvalue weighted by atomic mass is 10.1. The number of amides is 2. The third-order valence-corrected chi connectivity index (χ3v) is 5.35. The second-order valence-electron chi connectivity index (χ2n) is 6.69. The van der Waals surface area contributed by atoms with Crippen LogP contribution in [-0.4, -0.2) is 36.1 Å². The molecule has 0 aliphatic carbocycles. The maximum Gasteiger partial charge on any atom is 0.243 e. The summed E-state index contributed by atoms with van der Waals surface area (Å²) in [6.07, 6.45) is 0. The summed E-state index contributed by atoms with van der Waals surface area (Å²) in [4.78, 5) is 26.0. The Balaban J connectivity index is 1.82.